The number of hydrogen-bond donors (Lipinski definition) is 2. The van der Waals surface area contributed by atoms with Crippen molar-refractivity contribution < 1.29 is 73.0 Å². The largest absolute Gasteiger partial charge is 0.457 e. The second-order valence-electron chi connectivity index (χ2n) is 13.8. The molecule has 0 heterocycles. The van der Waals surface area contributed by atoms with Gasteiger partial charge in [-0.1, -0.05) is 18.6 Å². The molecule has 0 saturated heterocycles. The molecule has 20 nitrogen and oxygen atoms in total. The Hall–Kier alpha value is -4.79. The van der Waals surface area contributed by atoms with Gasteiger partial charge in [0.25, 0.3) is 15.3 Å². The van der Waals surface area contributed by atoms with Crippen LogP contribution in [0.25, 0.3) is 0 Å². The predicted molar refractivity (Wildman–Crippen MR) is 165 cm³/mol. The molecule has 3 unspecified atom stereocenters. The lowest BCUT2D eigenvalue weighted by Gasteiger charge is -2.62. The van der Waals surface area contributed by atoms with E-state index in [-0.39, 0.29) is 44.3 Å². The van der Waals surface area contributed by atoms with Gasteiger partial charge in [0.15, 0.2) is 18.1 Å². The monoisotopic (exact) mass is 745 g/mol. The maximum absolute atomic E-state index is 17.6. The molecule has 4 aliphatic rings. The lowest BCUT2D eigenvalue weighted by molar-refractivity contribution is -0.790. The van der Waals surface area contributed by atoms with Crippen LogP contribution in [-0.2, 0) is 43.2 Å². The molecule has 4 aliphatic carbocycles. The van der Waals surface area contributed by atoms with Gasteiger partial charge in [0, 0.05) is 29.6 Å². The minimum absolute atomic E-state index is 0.113. The summed E-state index contributed by atoms with van der Waals surface area (Å²) in [7, 11) is 0. The Morgan fingerprint density at radius 3 is 2.31 bits per heavy atom. The van der Waals surface area contributed by atoms with Crippen molar-refractivity contribution in [2.75, 3.05) is 19.8 Å². The van der Waals surface area contributed by atoms with E-state index >= 15 is 4.39 Å². The number of nitrogens with zero attached hydrogens (tertiary/aromatic N) is 3. The zero-order chi connectivity index (χ0) is 38.6. The molecule has 0 aliphatic heterocycles. The van der Waals surface area contributed by atoms with E-state index in [1.165, 1.54) is 25.2 Å². The molecule has 3 saturated carbocycles. The van der Waals surface area contributed by atoms with Gasteiger partial charge >= 0.3 is 11.9 Å². The fourth-order valence-corrected chi connectivity index (χ4v) is 8.77. The smallest absolute Gasteiger partial charge is 0.306 e. The summed E-state index contributed by atoms with van der Waals surface area (Å²) in [6.45, 7) is 0.674. The van der Waals surface area contributed by atoms with Crippen LogP contribution in [0.4, 0.5) is 4.39 Å². The number of aliphatic hydroxyl groups excluding tert-OH is 2. The summed E-state index contributed by atoms with van der Waals surface area (Å²) >= 11 is 0. The van der Waals surface area contributed by atoms with Gasteiger partial charge in [0.2, 0.25) is 11.4 Å². The number of alkyl halides is 1. The SMILES string of the molecule is C[C@]12C=CC(=O)C=C1CCC1C3C[C@@H](O)[C@](OC(=O)CCCO[N+](=O)[O-])(C(=O)COC(=O)CCCC(CO[N+](=O)[O-])O[N+](=O)[O-])[C@@]3(C)C[C@H](O)[C@@]12F. The Morgan fingerprint density at radius 2 is 1.65 bits per heavy atom. The Labute approximate surface area is 294 Å². The summed E-state index contributed by atoms with van der Waals surface area (Å²) < 4.78 is 28.5. The molecular formula is C31H40FN3O17. The minimum Gasteiger partial charge on any atom is -0.457 e. The highest BCUT2D eigenvalue weighted by molar-refractivity contribution is 6.01. The topological polar surface area (TPSA) is 284 Å². The van der Waals surface area contributed by atoms with Gasteiger partial charge in [0.1, 0.15) is 18.8 Å². The highest BCUT2D eigenvalue weighted by Gasteiger charge is 2.78. The first-order valence-corrected chi connectivity index (χ1v) is 16.6. The first-order valence-electron chi connectivity index (χ1n) is 16.6. The lowest BCUT2D eigenvalue weighted by Crippen LogP contribution is -2.70. The number of halogens is 1. The van der Waals surface area contributed by atoms with Gasteiger partial charge < -0.3 is 34.2 Å². The number of aliphatic hydroxyl groups is 2. The first-order chi connectivity index (χ1) is 24.3. The molecule has 0 spiro atoms. The molecule has 4 rings (SSSR count). The fourth-order valence-electron chi connectivity index (χ4n) is 8.77. The summed E-state index contributed by atoms with van der Waals surface area (Å²) in [5.74, 6) is -5.40. The van der Waals surface area contributed by atoms with E-state index in [0.717, 1.165) is 0 Å². The Morgan fingerprint density at radius 1 is 0.981 bits per heavy atom. The molecule has 0 amide bonds. The third kappa shape index (κ3) is 7.41. The highest BCUT2D eigenvalue weighted by Crippen LogP contribution is 2.70. The third-order valence-corrected chi connectivity index (χ3v) is 11.1. The van der Waals surface area contributed by atoms with E-state index in [4.69, 9.17) is 9.47 Å². The molecule has 0 aromatic carbocycles. The van der Waals surface area contributed by atoms with Crippen LogP contribution >= 0.6 is 0 Å². The number of esters is 2. The molecule has 2 N–H and O–H groups in total. The number of Topliss-reactive ketones (excluding diaryl/α,β-unsaturated/α-hetero) is 1. The molecule has 3 fully saturated rings. The van der Waals surface area contributed by atoms with Crippen LogP contribution in [0.2, 0.25) is 0 Å². The number of fused-ring (bicyclic) bond motifs is 5. The van der Waals surface area contributed by atoms with Crippen LogP contribution in [-0.4, -0.2) is 98.4 Å². The predicted octanol–water partition coefficient (Wildman–Crippen LogP) is 1.67. The molecule has 52 heavy (non-hydrogen) atoms. The highest BCUT2D eigenvalue weighted by atomic mass is 19.1. The fraction of sp³-hybridized carbons (Fsp3) is 0.742. The quantitative estimate of drug-likeness (QED) is 0.0873. The number of hydrogen-bond acceptors (Lipinski definition) is 17. The van der Waals surface area contributed by atoms with Crippen molar-refractivity contribution >= 4 is 23.5 Å². The van der Waals surface area contributed by atoms with Crippen molar-refractivity contribution in [3.63, 3.8) is 0 Å². The van der Waals surface area contributed by atoms with Gasteiger partial charge in [-0.25, -0.2) is 4.39 Å². The summed E-state index contributed by atoms with van der Waals surface area (Å²) in [5, 5.41) is 51.6. The average Bonchev–Trinajstić information content (AvgIpc) is 3.27. The number of ether oxygens (including phenoxy) is 2. The maximum atomic E-state index is 17.6. The molecular weight excluding hydrogens is 705 g/mol. The number of carbonyl (C=O) groups excluding carboxylic acids is 4. The first kappa shape index (κ1) is 40.0. The van der Waals surface area contributed by atoms with E-state index in [9.17, 15) is 59.7 Å². The van der Waals surface area contributed by atoms with Gasteiger partial charge in [-0.05, 0) is 69.9 Å². The van der Waals surface area contributed by atoms with Gasteiger partial charge in [-0.2, -0.15) is 0 Å². The second-order valence-corrected chi connectivity index (χ2v) is 13.8. The molecule has 9 atom stereocenters. The van der Waals surface area contributed by atoms with Gasteiger partial charge in [0.05, 0.1) is 12.7 Å². The molecule has 0 radical (unpaired) electrons. The Balaban J connectivity index is 1.57. The van der Waals surface area contributed by atoms with Crippen LogP contribution in [0.15, 0.2) is 23.8 Å². The van der Waals surface area contributed by atoms with Crippen LogP contribution in [0.3, 0.4) is 0 Å². The van der Waals surface area contributed by atoms with E-state index < -0.39 is 124 Å². The van der Waals surface area contributed by atoms with Crippen LogP contribution in [0, 0.1) is 53.0 Å². The van der Waals surface area contributed by atoms with E-state index in [0.29, 0.717) is 5.57 Å². The summed E-state index contributed by atoms with van der Waals surface area (Å²) in [6.07, 6.45) is -3.01. The van der Waals surface area contributed by atoms with Gasteiger partial charge in [-0.3, -0.25) is 19.2 Å². The normalized spacial score (nSPS) is 33.6. The van der Waals surface area contributed by atoms with E-state index in [1.807, 2.05) is 0 Å². The van der Waals surface area contributed by atoms with E-state index in [2.05, 4.69) is 14.5 Å². The molecule has 0 bridgehead atoms. The Kier molecular flexibility index (Phi) is 11.9. The maximum Gasteiger partial charge on any atom is 0.306 e. The van der Waals surface area contributed by atoms with Crippen LogP contribution in [0.1, 0.15) is 71.6 Å². The number of ketones is 2. The van der Waals surface area contributed by atoms with Crippen molar-refractivity contribution in [3.05, 3.63) is 54.1 Å². The van der Waals surface area contributed by atoms with E-state index in [1.54, 1.807) is 6.92 Å². The van der Waals surface area contributed by atoms with Gasteiger partial charge in [-0.15, -0.1) is 30.3 Å². The van der Waals surface area contributed by atoms with Crippen molar-refractivity contribution in [1.29, 1.82) is 0 Å². The lowest BCUT2D eigenvalue weighted by atomic mass is 9.44. The van der Waals surface area contributed by atoms with Crippen molar-refractivity contribution in [1.82, 2.24) is 0 Å². The number of carbonyl (C=O) groups is 4. The second kappa shape index (κ2) is 15.4. The molecule has 0 aromatic rings. The molecule has 0 aromatic heterocycles. The van der Waals surface area contributed by atoms with Crippen molar-refractivity contribution in [2.24, 2.45) is 22.7 Å². The molecule has 288 valence electrons. The average molecular weight is 746 g/mol. The minimum atomic E-state index is -2.48. The summed E-state index contributed by atoms with van der Waals surface area (Å²) in [5.41, 5.74) is -7.42. The third-order valence-electron chi connectivity index (χ3n) is 11.1. The standard InChI is InChI=1S/C31H40FN3O17/c1-28-11-10-19(36)13-18(28)8-9-21-22-14-23(37)31(29(22,2)15-24(38)30(21,28)32,51-27(41)7-4-12-49-33(42)43)25(39)17-48-26(40)6-3-5-20(52-35(46)47)16-50-34(44)45/h10-11,13,20-24,37-38H,3-9,12,14-17H2,1-2H3/t20?,21?,22?,23-,24+,28+,29+,30+,31+/m1/s1. The van der Waals surface area contributed by atoms with Crippen LogP contribution in [0.5, 0.6) is 0 Å². The summed E-state index contributed by atoms with van der Waals surface area (Å²) in [6, 6.07) is 0. The zero-order valence-electron chi connectivity index (χ0n) is 28.3. The zero-order valence-corrected chi connectivity index (χ0v) is 28.3. The number of rotatable bonds is 18. The van der Waals surface area contributed by atoms with Crippen LogP contribution < -0.4 is 0 Å². The Bertz CT molecular complexity index is 1540. The summed E-state index contributed by atoms with van der Waals surface area (Å²) in [4.78, 5) is 96.5. The molecule has 21 heteroatoms. The van der Waals surface area contributed by atoms with Crippen molar-refractivity contribution in [3.8, 4) is 0 Å². The van der Waals surface area contributed by atoms with Crippen molar-refractivity contribution in [2.45, 2.75) is 101 Å². The number of allylic oxidation sites excluding steroid dienone is 4.